The molecule has 3 atom stereocenters. The number of piperidine rings is 1. The van der Waals surface area contributed by atoms with Gasteiger partial charge in [-0.2, -0.15) is 0 Å². The smallest absolute Gasteiger partial charge is 0.245 e. The molecule has 0 aromatic carbocycles. The van der Waals surface area contributed by atoms with E-state index in [1.165, 1.54) is 0 Å². The van der Waals surface area contributed by atoms with Crippen LogP contribution in [0.3, 0.4) is 0 Å². The van der Waals surface area contributed by atoms with Crippen LogP contribution in [-0.2, 0) is 9.59 Å². The van der Waals surface area contributed by atoms with Gasteiger partial charge in [-0.25, -0.2) is 0 Å². The van der Waals surface area contributed by atoms with Crippen LogP contribution in [0.5, 0.6) is 0 Å². The highest BCUT2D eigenvalue weighted by molar-refractivity contribution is 5.95. The SMILES string of the molecule is O=C1C2CCCCN2C(=O)CN1CCC1CCCC1O. The summed E-state index contributed by atoms with van der Waals surface area (Å²) >= 11 is 0. The number of hydrogen-bond acceptors (Lipinski definition) is 3. The third-order valence-electron chi connectivity index (χ3n) is 5.13. The van der Waals surface area contributed by atoms with E-state index in [-0.39, 0.29) is 30.5 Å². The molecule has 2 heterocycles. The van der Waals surface area contributed by atoms with E-state index < -0.39 is 0 Å². The van der Waals surface area contributed by atoms with E-state index >= 15 is 0 Å². The Morgan fingerprint density at radius 2 is 1.95 bits per heavy atom. The summed E-state index contributed by atoms with van der Waals surface area (Å²) in [6.07, 6.45) is 6.49. The van der Waals surface area contributed by atoms with Gasteiger partial charge in [0, 0.05) is 13.1 Å². The maximum atomic E-state index is 12.5. The Labute approximate surface area is 119 Å². The second-order valence-electron chi connectivity index (χ2n) is 6.41. The molecule has 1 N–H and O–H groups in total. The van der Waals surface area contributed by atoms with Gasteiger partial charge in [0.1, 0.15) is 6.04 Å². The van der Waals surface area contributed by atoms with Gasteiger partial charge in [0.15, 0.2) is 0 Å². The van der Waals surface area contributed by atoms with Gasteiger partial charge >= 0.3 is 0 Å². The first-order valence-corrected chi connectivity index (χ1v) is 7.93. The normalized spacial score (nSPS) is 34.5. The molecule has 20 heavy (non-hydrogen) atoms. The van der Waals surface area contributed by atoms with E-state index in [0.29, 0.717) is 12.5 Å². The fourth-order valence-corrected chi connectivity index (χ4v) is 3.89. The summed E-state index contributed by atoms with van der Waals surface area (Å²) in [6, 6.07) is -0.210. The van der Waals surface area contributed by atoms with E-state index in [9.17, 15) is 14.7 Å². The van der Waals surface area contributed by atoms with Crippen LogP contribution in [0.4, 0.5) is 0 Å². The van der Waals surface area contributed by atoms with Gasteiger partial charge in [0.05, 0.1) is 12.6 Å². The Bertz CT molecular complexity index is 399. The number of carbonyl (C=O) groups excluding carboxylic acids is 2. The molecule has 0 spiro atoms. The van der Waals surface area contributed by atoms with E-state index in [4.69, 9.17) is 0 Å². The Hall–Kier alpha value is -1.10. The fourth-order valence-electron chi connectivity index (χ4n) is 3.89. The van der Waals surface area contributed by atoms with Gasteiger partial charge in [-0.3, -0.25) is 9.59 Å². The number of amides is 2. The van der Waals surface area contributed by atoms with Crippen LogP contribution in [0, 0.1) is 5.92 Å². The molecule has 0 aromatic heterocycles. The molecule has 0 aromatic rings. The van der Waals surface area contributed by atoms with Crippen LogP contribution < -0.4 is 0 Å². The van der Waals surface area contributed by atoms with Crippen molar-refractivity contribution in [2.24, 2.45) is 5.92 Å². The first-order chi connectivity index (χ1) is 9.66. The highest BCUT2D eigenvalue weighted by Crippen LogP contribution is 2.29. The quantitative estimate of drug-likeness (QED) is 0.830. The van der Waals surface area contributed by atoms with Crippen molar-refractivity contribution in [3.63, 3.8) is 0 Å². The molecule has 3 aliphatic rings. The van der Waals surface area contributed by atoms with Crippen LogP contribution >= 0.6 is 0 Å². The molecule has 2 saturated heterocycles. The number of fused-ring (bicyclic) bond motifs is 1. The van der Waals surface area contributed by atoms with Gasteiger partial charge in [-0.05, 0) is 44.4 Å². The predicted octanol–water partition coefficient (Wildman–Crippen LogP) is 0.761. The van der Waals surface area contributed by atoms with E-state index in [2.05, 4.69) is 0 Å². The maximum Gasteiger partial charge on any atom is 0.245 e. The third kappa shape index (κ3) is 2.55. The lowest BCUT2D eigenvalue weighted by molar-refractivity contribution is -0.158. The molecular weight excluding hydrogens is 256 g/mol. The number of hydrogen-bond donors (Lipinski definition) is 1. The van der Waals surface area contributed by atoms with Crippen molar-refractivity contribution in [3.8, 4) is 0 Å². The van der Waals surface area contributed by atoms with Gasteiger partial charge in [-0.15, -0.1) is 0 Å². The second kappa shape index (κ2) is 5.72. The highest BCUT2D eigenvalue weighted by atomic mass is 16.3. The number of carbonyl (C=O) groups is 2. The molecule has 0 radical (unpaired) electrons. The zero-order chi connectivity index (χ0) is 14.1. The fraction of sp³-hybridized carbons (Fsp3) is 0.867. The first kappa shape index (κ1) is 13.9. The standard InChI is InChI=1S/C15H24N2O3/c18-13-6-3-4-11(13)7-9-16-10-14(19)17-8-2-1-5-12(17)15(16)20/h11-13,18H,1-10H2. The zero-order valence-electron chi connectivity index (χ0n) is 12.0. The first-order valence-electron chi connectivity index (χ1n) is 7.93. The predicted molar refractivity (Wildman–Crippen MR) is 73.9 cm³/mol. The minimum Gasteiger partial charge on any atom is -0.393 e. The Morgan fingerprint density at radius 1 is 1.10 bits per heavy atom. The number of aliphatic hydroxyl groups is 1. The van der Waals surface area contributed by atoms with Gasteiger partial charge in [-0.1, -0.05) is 6.42 Å². The lowest BCUT2D eigenvalue weighted by Gasteiger charge is -2.43. The van der Waals surface area contributed by atoms with Crippen LogP contribution in [0.15, 0.2) is 0 Å². The van der Waals surface area contributed by atoms with Gasteiger partial charge in [0.25, 0.3) is 0 Å². The maximum absolute atomic E-state index is 12.5. The van der Waals surface area contributed by atoms with E-state index in [0.717, 1.165) is 51.5 Å². The summed E-state index contributed by atoms with van der Waals surface area (Å²) in [5.74, 6) is 0.528. The summed E-state index contributed by atoms with van der Waals surface area (Å²) in [4.78, 5) is 28.1. The molecule has 2 aliphatic heterocycles. The average molecular weight is 280 g/mol. The van der Waals surface area contributed by atoms with Crippen molar-refractivity contribution in [1.29, 1.82) is 0 Å². The minimum absolute atomic E-state index is 0.0984. The molecule has 5 nitrogen and oxygen atoms in total. The largest absolute Gasteiger partial charge is 0.393 e. The molecule has 1 aliphatic carbocycles. The second-order valence-corrected chi connectivity index (χ2v) is 6.41. The van der Waals surface area contributed by atoms with E-state index in [1.807, 2.05) is 0 Å². The summed E-state index contributed by atoms with van der Waals surface area (Å²) in [7, 11) is 0. The lowest BCUT2D eigenvalue weighted by Crippen LogP contribution is -2.61. The molecule has 1 saturated carbocycles. The van der Waals surface area contributed by atoms with Gasteiger partial charge in [0.2, 0.25) is 11.8 Å². The molecule has 3 unspecified atom stereocenters. The molecule has 3 fully saturated rings. The Morgan fingerprint density at radius 3 is 2.70 bits per heavy atom. The van der Waals surface area contributed by atoms with Crippen molar-refractivity contribution >= 4 is 11.8 Å². The molecule has 112 valence electrons. The summed E-state index contributed by atoms with van der Waals surface area (Å²) in [5, 5.41) is 9.85. The highest BCUT2D eigenvalue weighted by Gasteiger charge is 2.40. The van der Waals surface area contributed by atoms with Crippen LogP contribution in [0.25, 0.3) is 0 Å². The van der Waals surface area contributed by atoms with Crippen molar-refractivity contribution in [1.82, 2.24) is 9.80 Å². The van der Waals surface area contributed by atoms with Crippen LogP contribution in [0.2, 0.25) is 0 Å². The number of aliphatic hydroxyl groups excluding tert-OH is 1. The molecular formula is C15H24N2O3. The zero-order valence-corrected chi connectivity index (χ0v) is 12.0. The number of nitrogens with zero attached hydrogens (tertiary/aromatic N) is 2. The van der Waals surface area contributed by atoms with Crippen molar-refractivity contribution in [2.45, 2.75) is 57.1 Å². The molecule has 5 heteroatoms. The summed E-state index contributed by atoms with van der Waals surface area (Å²) < 4.78 is 0. The Balaban J connectivity index is 1.59. The lowest BCUT2D eigenvalue weighted by atomic mass is 9.97. The van der Waals surface area contributed by atoms with Crippen molar-refractivity contribution in [3.05, 3.63) is 0 Å². The summed E-state index contributed by atoms with van der Waals surface area (Å²) in [5.41, 5.74) is 0. The van der Waals surface area contributed by atoms with Crippen LogP contribution in [-0.4, -0.2) is 58.5 Å². The monoisotopic (exact) mass is 280 g/mol. The summed E-state index contributed by atoms with van der Waals surface area (Å²) in [6.45, 7) is 1.60. The number of piperazine rings is 1. The van der Waals surface area contributed by atoms with Crippen molar-refractivity contribution < 1.29 is 14.7 Å². The Kier molecular flexibility index (Phi) is 3.96. The van der Waals surface area contributed by atoms with E-state index in [1.54, 1.807) is 9.80 Å². The minimum atomic E-state index is -0.211. The molecule has 3 rings (SSSR count). The van der Waals surface area contributed by atoms with Gasteiger partial charge < -0.3 is 14.9 Å². The topological polar surface area (TPSA) is 60.9 Å². The molecule has 2 amide bonds. The molecule has 0 bridgehead atoms. The number of rotatable bonds is 3. The van der Waals surface area contributed by atoms with Crippen LogP contribution in [0.1, 0.15) is 44.9 Å². The average Bonchev–Trinajstić information content (AvgIpc) is 2.87. The van der Waals surface area contributed by atoms with Crippen molar-refractivity contribution in [2.75, 3.05) is 19.6 Å². The third-order valence-corrected chi connectivity index (χ3v) is 5.13.